The van der Waals surface area contributed by atoms with Crippen molar-refractivity contribution in [3.8, 4) is 0 Å². The Kier molecular flexibility index (Phi) is 3.84. The van der Waals surface area contributed by atoms with Crippen molar-refractivity contribution in [3.05, 3.63) is 73.2 Å². The zero-order valence-electron chi connectivity index (χ0n) is 13.3. The van der Waals surface area contributed by atoms with Crippen LogP contribution in [0.2, 0.25) is 0 Å². The summed E-state index contributed by atoms with van der Waals surface area (Å²) in [6.07, 6.45) is 3.25. The highest BCUT2D eigenvalue weighted by atomic mass is 15.1. The molecule has 6 heteroatoms. The van der Waals surface area contributed by atoms with Gasteiger partial charge in [-0.1, -0.05) is 24.3 Å². The predicted octanol–water partition coefficient (Wildman–Crippen LogP) is 4.09. The van der Waals surface area contributed by atoms with Crippen LogP contribution in [0.4, 0.5) is 28.7 Å². The van der Waals surface area contributed by atoms with E-state index in [4.69, 9.17) is 5.73 Å². The molecule has 0 bridgehead atoms. The first-order chi connectivity index (χ1) is 12.3. The SMILES string of the molecule is Nc1c(Nc2ccccc2)ncnc1Nc1cccc2ncccc12. The number of para-hydroxylation sites is 1. The van der Waals surface area contributed by atoms with Crippen molar-refractivity contribution >= 4 is 39.6 Å². The maximum absolute atomic E-state index is 6.26. The molecular weight excluding hydrogens is 312 g/mol. The fraction of sp³-hybridized carbons (Fsp3) is 0. The van der Waals surface area contributed by atoms with Crippen molar-refractivity contribution in [3.63, 3.8) is 0 Å². The fourth-order valence-corrected chi connectivity index (χ4v) is 2.59. The number of nitrogen functional groups attached to an aromatic ring is 1. The van der Waals surface area contributed by atoms with Gasteiger partial charge < -0.3 is 16.4 Å². The third-order valence-electron chi connectivity index (χ3n) is 3.82. The summed E-state index contributed by atoms with van der Waals surface area (Å²) in [7, 11) is 0. The molecule has 0 spiro atoms. The van der Waals surface area contributed by atoms with Gasteiger partial charge in [-0.3, -0.25) is 4.98 Å². The molecule has 4 aromatic rings. The molecule has 0 aliphatic rings. The Morgan fingerprint density at radius 1 is 0.720 bits per heavy atom. The topological polar surface area (TPSA) is 88.8 Å². The van der Waals surface area contributed by atoms with Crippen molar-refractivity contribution in [2.24, 2.45) is 0 Å². The number of rotatable bonds is 4. The molecule has 4 N–H and O–H groups in total. The van der Waals surface area contributed by atoms with Crippen molar-refractivity contribution in [1.82, 2.24) is 15.0 Å². The smallest absolute Gasteiger partial charge is 0.159 e. The largest absolute Gasteiger partial charge is 0.393 e. The summed E-state index contributed by atoms with van der Waals surface area (Å²) < 4.78 is 0. The molecule has 6 nitrogen and oxygen atoms in total. The van der Waals surface area contributed by atoms with Gasteiger partial charge in [-0.05, 0) is 36.4 Å². The van der Waals surface area contributed by atoms with E-state index in [1.54, 1.807) is 6.20 Å². The van der Waals surface area contributed by atoms with Gasteiger partial charge >= 0.3 is 0 Å². The van der Waals surface area contributed by atoms with Crippen molar-refractivity contribution in [2.75, 3.05) is 16.4 Å². The molecule has 2 aromatic heterocycles. The lowest BCUT2D eigenvalue weighted by Gasteiger charge is -2.13. The zero-order chi connectivity index (χ0) is 17.1. The average Bonchev–Trinajstić information content (AvgIpc) is 2.66. The second-order valence-corrected chi connectivity index (χ2v) is 5.48. The molecule has 122 valence electrons. The van der Waals surface area contributed by atoms with Crippen molar-refractivity contribution < 1.29 is 0 Å². The van der Waals surface area contributed by atoms with Gasteiger partial charge in [-0.15, -0.1) is 0 Å². The number of aromatic nitrogens is 3. The van der Waals surface area contributed by atoms with Gasteiger partial charge in [0, 0.05) is 23.0 Å². The molecule has 0 radical (unpaired) electrons. The summed E-state index contributed by atoms with van der Waals surface area (Å²) in [6, 6.07) is 19.5. The number of benzene rings is 2. The summed E-state index contributed by atoms with van der Waals surface area (Å²) in [5, 5.41) is 7.49. The number of hydrogen-bond acceptors (Lipinski definition) is 6. The Labute approximate surface area is 144 Å². The van der Waals surface area contributed by atoms with Crippen LogP contribution in [0.5, 0.6) is 0 Å². The summed E-state index contributed by atoms with van der Waals surface area (Å²) in [6.45, 7) is 0. The lowest BCUT2D eigenvalue weighted by atomic mass is 10.2. The summed E-state index contributed by atoms with van der Waals surface area (Å²) >= 11 is 0. The second-order valence-electron chi connectivity index (χ2n) is 5.48. The van der Waals surface area contributed by atoms with E-state index in [1.807, 2.05) is 60.7 Å². The van der Waals surface area contributed by atoms with Crippen LogP contribution in [0, 0.1) is 0 Å². The van der Waals surface area contributed by atoms with Crippen LogP contribution < -0.4 is 16.4 Å². The van der Waals surface area contributed by atoms with Crippen LogP contribution in [0.3, 0.4) is 0 Å². The molecule has 0 amide bonds. The molecule has 4 rings (SSSR count). The first-order valence-corrected chi connectivity index (χ1v) is 7.84. The van der Waals surface area contributed by atoms with Gasteiger partial charge in [-0.2, -0.15) is 0 Å². The van der Waals surface area contributed by atoms with E-state index in [0.717, 1.165) is 22.3 Å². The number of pyridine rings is 1. The summed E-state index contributed by atoms with van der Waals surface area (Å²) in [5.74, 6) is 1.10. The van der Waals surface area contributed by atoms with Gasteiger partial charge in [0.05, 0.1) is 5.52 Å². The van der Waals surface area contributed by atoms with Gasteiger partial charge in [0.15, 0.2) is 11.6 Å². The molecule has 0 atom stereocenters. The van der Waals surface area contributed by atoms with Gasteiger partial charge in [0.2, 0.25) is 0 Å². The zero-order valence-corrected chi connectivity index (χ0v) is 13.3. The molecular formula is C19H16N6. The second kappa shape index (κ2) is 6.45. The van der Waals surface area contributed by atoms with E-state index in [0.29, 0.717) is 17.3 Å². The first-order valence-electron chi connectivity index (χ1n) is 7.84. The Morgan fingerprint density at radius 2 is 1.52 bits per heavy atom. The molecule has 25 heavy (non-hydrogen) atoms. The Balaban J connectivity index is 1.68. The highest BCUT2D eigenvalue weighted by Crippen LogP contribution is 2.30. The highest BCUT2D eigenvalue weighted by Gasteiger charge is 2.10. The number of anilines is 5. The van der Waals surface area contributed by atoms with Crippen LogP contribution >= 0.6 is 0 Å². The molecule has 0 fully saturated rings. The van der Waals surface area contributed by atoms with Gasteiger partial charge in [0.25, 0.3) is 0 Å². The molecule has 0 unspecified atom stereocenters. The highest BCUT2D eigenvalue weighted by molar-refractivity contribution is 5.94. The van der Waals surface area contributed by atoms with Gasteiger partial charge in [-0.25, -0.2) is 9.97 Å². The number of hydrogen-bond donors (Lipinski definition) is 3. The minimum absolute atomic E-state index is 0.451. The maximum Gasteiger partial charge on any atom is 0.159 e. The Bertz CT molecular complexity index is 1010. The molecule has 0 saturated heterocycles. The van der Waals surface area contributed by atoms with Gasteiger partial charge in [0.1, 0.15) is 12.0 Å². The normalized spacial score (nSPS) is 10.6. The third-order valence-corrected chi connectivity index (χ3v) is 3.82. The Morgan fingerprint density at radius 3 is 2.36 bits per heavy atom. The van der Waals surface area contributed by atoms with E-state index in [2.05, 4.69) is 25.6 Å². The first kappa shape index (κ1) is 14.9. The third kappa shape index (κ3) is 3.05. The standard InChI is InChI=1S/C19H16N6/c20-17-18(24-13-6-2-1-3-7-13)22-12-23-19(17)25-16-10-4-9-15-14(16)8-5-11-21-15/h1-12H,20H2,(H2,22,23,24,25). The van der Waals surface area contributed by atoms with Crippen LogP contribution in [0.25, 0.3) is 10.9 Å². The van der Waals surface area contributed by atoms with Crippen LogP contribution in [-0.4, -0.2) is 15.0 Å². The number of nitrogens with one attached hydrogen (secondary N) is 2. The van der Waals surface area contributed by atoms with Crippen molar-refractivity contribution in [2.45, 2.75) is 0 Å². The molecule has 0 aliphatic carbocycles. The molecule has 0 saturated carbocycles. The molecule has 2 heterocycles. The summed E-state index contributed by atoms with van der Waals surface area (Å²) in [4.78, 5) is 12.9. The van der Waals surface area contributed by atoms with Crippen LogP contribution in [0.15, 0.2) is 73.2 Å². The predicted molar refractivity (Wildman–Crippen MR) is 101 cm³/mol. The number of nitrogens with two attached hydrogens (primary N) is 1. The maximum atomic E-state index is 6.26. The Hall–Kier alpha value is -3.67. The van der Waals surface area contributed by atoms with E-state index in [-0.39, 0.29) is 0 Å². The lowest BCUT2D eigenvalue weighted by molar-refractivity contribution is 1.17. The van der Waals surface area contributed by atoms with Crippen LogP contribution in [-0.2, 0) is 0 Å². The average molecular weight is 328 g/mol. The summed E-state index contributed by atoms with van der Waals surface area (Å²) in [5.41, 5.74) is 9.41. The van der Waals surface area contributed by atoms with E-state index < -0.39 is 0 Å². The fourth-order valence-electron chi connectivity index (χ4n) is 2.59. The van der Waals surface area contributed by atoms with E-state index in [9.17, 15) is 0 Å². The van der Waals surface area contributed by atoms with E-state index in [1.165, 1.54) is 6.33 Å². The van der Waals surface area contributed by atoms with Crippen molar-refractivity contribution in [1.29, 1.82) is 0 Å². The van der Waals surface area contributed by atoms with E-state index >= 15 is 0 Å². The number of fused-ring (bicyclic) bond motifs is 1. The minimum atomic E-state index is 0.451. The molecule has 0 aliphatic heterocycles. The monoisotopic (exact) mass is 328 g/mol. The lowest BCUT2D eigenvalue weighted by Crippen LogP contribution is -2.05. The quantitative estimate of drug-likeness (QED) is 0.523. The number of nitrogens with zero attached hydrogens (tertiary/aromatic N) is 3. The minimum Gasteiger partial charge on any atom is -0.393 e. The van der Waals surface area contributed by atoms with Crippen LogP contribution in [0.1, 0.15) is 0 Å². The molecule has 2 aromatic carbocycles.